The molecule has 2 heterocycles. The van der Waals surface area contributed by atoms with Crippen LogP contribution in [0.4, 0.5) is 29.2 Å². The van der Waals surface area contributed by atoms with Crippen molar-refractivity contribution < 1.29 is 31.9 Å². The molecule has 1 N–H and O–H groups in total. The Kier molecular flexibility index (Phi) is 7.45. The summed E-state index contributed by atoms with van der Waals surface area (Å²) in [7, 11) is 0. The molecule has 13 heteroatoms. The van der Waals surface area contributed by atoms with Crippen molar-refractivity contribution >= 4 is 41.0 Å². The van der Waals surface area contributed by atoms with E-state index in [1.165, 1.54) is 36.7 Å². The van der Waals surface area contributed by atoms with Gasteiger partial charge >= 0.3 is 0 Å². The van der Waals surface area contributed by atoms with Crippen molar-refractivity contribution in [3.63, 3.8) is 0 Å². The van der Waals surface area contributed by atoms with Crippen molar-refractivity contribution in [1.82, 2.24) is 15.3 Å². The van der Waals surface area contributed by atoms with Crippen LogP contribution in [0, 0.1) is 11.6 Å². The maximum absolute atomic E-state index is 14.5. The zero-order valence-electron chi connectivity index (χ0n) is 20.7. The van der Waals surface area contributed by atoms with Gasteiger partial charge in [-0.15, -0.1) is 0 Å². The third-order valence-corrected chi connectivity index (χ3v) is 7.11. The van der Waals surface area contributed by atoms with E-state index in [0.717, 1.165) is 21.9 Å². The lowest BCUT2D eigenvalue weighted by Gasteiger charge is -2.39. The Morgan fingerprint density at radius 1 is 1.05 bits per heavy atom. The quantitative estimate of drug-likeness (QED) is 0.416. The zero-order chi connectivity index (χ0) is 28.6. The fourth-order valence-electron chi connectivity index (χ4n) is 4.96. The van der Waals surface area contributed by atoms with E-state index in [-0.39, 0.29) is 35.1 Å². The third kappa shape index (κ3) is 5.48. The number of nitrogens with zero attached hydrogens (tertiary/aromatic N) is 4. The number of carbonyl (C=O) groups is 3. The maximum Gasteiger partial charge on any atom is 0.252 e. The van der Waals surface area contributed by atoms with Crippen LogP contribution in [0.15, 0.2) is 60.9 Å². The summed E-state index contributed by atoms with van der Waals surface area (Å²) in [6.07, 6.45) is 1.49. The van der Waals surface area contributed by atoms with Crippen LogP contribution in [0.25, 0.3) is 0 Å². The number of aromatic nitrogens is 2. The lowest BCUT2D eigenvalue weighted by atomic mass is 9.87. The van der Waals surface area contributed by atoms with Gasteiger partial charge in [0.2, 0.25) is 17.8 Å². The van der Waals surface area contributed by atoms with Gasteiger partial charge in [-0.1, -0.05) is 29.8 Å². The van der Waals surface area contributed by atoms with Crippen LogP contribution in [-0.2, 0) is 14.4 Å². The molecule has 1 aliphatic carbocycles. The second-order valence-electron chi connectivity index (χ2n) is 9.60. The molecule has 0 radical (unpaired) electrons. The van der Waals surface area contributed by atoms with E-state index >= 15 is 0 Å². The zero-order valence-corrected chi connectivity index (χ0v) is 21.5. The second kappa shape index (κ2) is 10.8. The van der Waals surface area contributed by atoms with Crippen molar-refractivity contribution in [2.75, 3.05) is 9.80 Å². The third-order valence-electron chi connectivity index (χ3n) is 6.77. The van der Waals surface area contributed by atoms with Crippen LogP contribution in [0.1, 0.15) is 37.3 Å². The first-order chi connectivity index (χ1) is 19.0. The molecule has 0 bridgehead atoms. The molecule has 2 fully saturated rings. The van der Waals surface area contributed by atoms with Crippen LogP contribution in [0.3, 0.4) is 0 Å². The molecule has 40 heavy (non-hydrogen) atoms. The lowest BCUT2D eigenvalue weighted by molar-refractivity contribution is -0.133. The molecule has 1 aromatic heterocycles. The van der Waals surface area contributed by atoms with Gasteiger partial charge in [0, 0.05) is 54.4 Å². The molecule has 2 atom stereocenters. The predicted octanol–water partition coefficient (Wildman–Crippen LogP) is 4.59. The molecule has 1 saturated heterocycles. The van der Waals surface area contributed by atoms with Crippen LogP contribution in [0.5, 0.6) is 0 Å². The molecule has 8 nitrogen and oxygen atoms in total. The van der Waals surface area contributed by atoms with E-state index in [2.05, 4.69) is 15.3 Å². The standard InChI is InChI=1S/C27H22ClF4N5O3/c28-20-5-2-1-4-19(20)23(24(39)35-17-13-27(31,32)14-17)36(18-11-15(29)10-16(30)12-18)25(40)21-6-7-22(38)37(21)26-33-8-3-9-34-26/h1-5,8-12,17,21,23H,6-7,13-14H2,(H,35,39)/t21-,23-/m0/s1. The molecule has 5 rings (SSSR count). The second-order valence-corrected chi connectivity index (χ2v) is 10.0. The van der Waals surface area contributed by atoms with Crippen molar-refractivity contribution in [1.29, 1.82) is 0 Å². The van der Waals surface area contributed by atoms with Crippen LogP contribution in [0.2, 0.25) is 5.02 Å². The topological polar surface area (TPSA) is 95.5 Å². The fourth-order valence-corrected chi connectivity index (χ4v) is 5.20. The molecule has 0 spiro atoms. The average Bonchev–Trinajstić information content (AvgIpc) is 3.27. The van der Waals surface area contributed by atoms with E-state index in [1.807, 2.05) is 0 Å². The Morgan fingerprint density at radius 2 is 1.70 bits per heavy atom. The van der Waals surface area contributed by atoms with Gasteiger partial charge in [-0.2, -0.15) is 0 Å². The molecule has 1 aliphatic heterocycles. The molecule has 2 aliphatic rings. The van der Waals surface area contributed by atoms with E-state index < -0.39 is 66.2 Å². The Morgan fingerprint density at radius 3 is 2.33 bits per heavy atom. The first-order valence-electron chi connectivity index (χ1n) is 12.3. The first kappa shape index (κ1) is 27.5. The number of amides is 3. The Labute approximate surface area is 231 Å². The van der Waals surface area contributed by atoms with Crippen molar-refractivity contribution in [2.24, 2.45) is 0 Å². The highest BCUT2D eigenvalue weighted by molar-refractivity contribution is 6.31. The van der Waals surface area contributed by atoms with Gasteiger partial charge in [0.25, 0.3) is 11.8 Å². The minimum atomic E-state index is -2.95. The largest absolute Gasteiger partial charge is 0.351 e. The van der Waals surface area contributed by atoms with Gasteiger partial charge in [-0.25, -0.2) is 27.5 Å². The SMILES string of the molecule is O=C(NC1CC(F)(F)C1)[C@H](c1ccccc1Cl)N(C(=O)[C@@H]1CCC(=O)N1c1ncccn1)c1cc(F)cc(F)c1. The molecule has 208 valence electrons. The Balaban J connectivity index is 1.62. The van der Waals surface area contributed by atoms with E-state index in [1.54, 1.807) is 6.07 Å². The van der Waals surface area contributed by atoms with E-state index in [0.29, 0.717) is 6.07 Å². The van der Waals surface area contributed by atoms with Crippen LogP contribution in [-0.4, -0.2) is 45.7 Å². The highest BCUT2D eigenvalue weighted by Crippen LogP contribution is 2.39. The monoisotopic (exact) mass is 575 g/mol. The summed E-state index contributed by atoms with van der Waals surface area (Å²) < 4.78 is 56.0. The Bertz CT molecular complexity index is 1430. The molecular weight excluding hydrogens is 554 g/mol. The van der Waals surface area contributed by atoms with Gasteiger partial charge < -0.3 is 5.32 Å². The number of benzene rings is 2. The van der Waals surface area contributed by atoms with Gasteiger partial charge in [-0.3, -0.25) is 24.2 Å². The summed E-state index contributed by atoms with van der Waals surface area (Å²) >= 11 is 6.43. The molecule has 1 saturated carbocycles. The summed E-state index contributed by atoms with van der Waals surface area (Å²) in [6.45, 7) is 0. The van der Waals surface area contributed by atoms with Gasteiger partial charge in [0.15, 0.2) is 0 Å². The average molecular weight is 576 g/mol. The number of alkyl halides is 2. The molecule has 0 unspecified atom stereocenters. The van der Waals surface area contributed by atoms with E-state index in [9.17, 15) is 31.9 Å². The summed E-state index contributed by atoms with van der Waals surface area (Å²) in [5, 5.41) is 2.55. The summed E-state index contributed by atoms with van der Waals surface area (Å²) in [5.41, 5.74) is -0.257. The number of hydrogen-bond acceptors (Lipinski definition) is 5. The molecule has 2 aromatic carbocycles. The highest BCUT2D eigenvalue weighted by atomic mass is 35.5. The summed E-state index contributed by atoms with van der Waals surface area (Å²) in [6, 6.07) is 6.06. The summed E-state index contributed by atoms with van der Waals surface area (Å²) in [4.78, 5) is 50.9. The van der Waals surface area contributed by atoms with Crippen molar-refractivity contribution in [2.45, 2.75) is 49.7 Å². The van der Waals surface area contributed by atoms with Crippen molar-refractivity contribution in [3.05, 3.63) is 83.1 Å². The van der Waals surface area contributed by atoms with Crippen molar-refractivity contribution in [3.8, 4) is 0 Å². The maximum atomic E-state index is 14.5. The smallest absolute Gasteiger partial charge is 0.252 e. The van der Waals surface area contributed by atoms with Crippen LogP contribution >= 0.6 is 11.6 Å². The lowest BCUT2D eigenvalue weighted by Crippen LogP contribution is -2.56. The number of hydrogen-bond donors (Lipinski definition) is 1. The molecule has 3 aromatic rings. The number of halogens is 5. The number of carbonyl (C=O) groups excluding carboxylic acids is 3. The number of anilines is 2. The molecule has 3 amide bonds. The summed E-state index contributed by atoms with van der Waals surface area (Å²) in [5.74, 6) is -7.30. The minimum Gasteiger partial charge on any atom is -0.351 e. The Hall–Kier alpha value is -4.06. The van der Waals surface area contributed by atoms with E-state index in [4.69, 9.17) is 11.6 Å². The number of rotatable bonds is 7. The highest BCUT2D eigenvalue weighted by Gasteiger charge is 2.48. The minimum absolute atomic E-state index is 0.00404. The van der Waals surface area contributed by atoms with Gasteiger partial charge in [-0.05, 0) is 30.7 Å². The van der Waals surface area contributed by atoms with Crippen LogP contribution < -0.4 is 15.1 Å². The van der Waals surface area contributed by atoms with Gasteiger partial charge in [0.1, 0.15) is 23.7 Å². The first-order valence-corrected chi connectivity index (χ1v) is 12.7. The van der Waals surface area contributed by atoms with Gasteiger partial charge in [0.05, 0.1) is 5.69 Å². The normalized spacial score (nSPS) is 19.2. The predicted molar refractivity (Wildman–Crippen MR) is 137 cm³/mol. The number of nitrogens with one attached hydrogen (secondary N) is 1. The fraction of sp³-hybridized carbons (Fsp3) is 0.296. The molecular formula is C27H22ClF4N5O3.